The monoisotopic (exact) mass is 289 g/mol. The molecule has 1 atom stereocenters. The van der Waals surface area contributed by atoms with Crippen molar-refractivity contribution in [2.45, 2.75) is 13.0 Å². The maximum atomic E-state index is 12.0. The normalized spacial score (nSPS) is 12.0. The Kier molecular flexibility index (Phi) is 4.89. The van der Waals surface area contributed by atoms with Crippen molar-refractivity contribution in [1.82, 2.24) is 20.1 Å². The van der Waals surface area contributed by atoms with Crippen molar-refractivity contribution in [3.05, 3.63) is 36.4 Å². The van der Waals surface area contributed by atoms with Crippen LogP contribution < -0.4 is 15.4 Å². The van der Waals surface area contributed by atoms with Gasteiger partial charge in [0, 0.05) is 7.05 Å². The molecule has 0 bridgehead atoms. The molecular weight excluding hydrogens is 270 g/mol. The van der Waals surface area contributed by atoms with Gasteiger partial charge in [-0.25, -0.2) is 0 Å². The van der Waals surface area contributed by atoms with Crippen LogP contribution >= 0.6 is 0 Å². The first-order valence-electron chi connectivity index (χ1n) is 6.62. The highest BCUT2D eigenvalue weighted by atomic mass is 16.5. The topological polar surface area (TPSA) is 81.1 Å². The van der Waals surface area contributed by atoms with Gasteiger partial charge in [0.2, 0.25) is 5.91 Å². The van der Waals surface area contributed by atoms with Crippen LogP contribution in [-0.4, -0.2) is 34.3 Å². The Morgan fingerprint density at radius 1 is 1.43 bits per heavy atom. The van der Waals surface area contributed by atoms with Crippen LogP contribution in [0.2, 0.25) is 0 Å². The van der Waals surface area contributed by atoms with Crippen LogP contribution in [0.3, 0.4) is 0 Å². The van der Waals surface area contributed by atoms with Crippen LogP contribution in [0.15, 0.2) is 30.6 Å². The van der Waals surface area contributed by atoms with E-state index in [9.17, 15) is 4.79 Å². The van der Waals surface area contributed by atoms with Gasteiger partial charge in [0.1, 0.15) is 17.9 Å². The highest BCUT2D eigenvalue weighted by Crippen LogP contribution is 2.22. The predicted octanol–water partition coefficient (Wildman–Crippen LogP) is 1.11. The Labute approximate surface area is 123 Å². The molecule has 2 rings (SSSR count). The fourth-order valence-electron chi connectivity index (χ4n) is 1.96. The number of aryl methyl sites for hydroxylation is 1. The Balaban J connectivity index is 1.89. The van der Waals surface area contributed by atoms with E-state index in [4.69, 9.17) is 4.74 Å². The van der Waals surface area contributed by atoms with Crippen molar-refractivity contribution < 1.29 is 9.53 Å². The third-order valence-corrected chi connectivity index (χ3v) is 3.08. The van der Waals surface area contributed by atoms with Crippen LogP contribution in [0.5, 0.6) is 5.75 Å². The van der Waals surface area contributed by atoms with Crippen LogP contribution in [0.25, 0.3) is 0 Å². The summed E-state index contributed by atoms with van der Waals surface area (Å²) in [5.74, 6) is 1.26. The van der Waals surface area contributed by atoms with Gasteiger partial charge in [-0.3, -0.25) is 10.1 Å². The first-order valence-corrected chi connectivity index (χ1v) is 6.62. The second kappa shape index (κ2) is 6.85. The smallest absolute Gasteiger partial charge is 0.238 e. The lowest BCUT2D eigenvalue weighted by molar-refractivity contribution is -0.115. The third kappa shape index (κ3) is 3.79. The summed E-state index contributed by atoms with van der Waals surface area (Å²) < 4.78 is 7.00. The number of anilines is 1. The minimum atomic E-state index is -0.145. The van der Waals surface area contributed by atoms with Crippen LogP contribution in [0, 0.1) is 0 Å². The van der Waals surface area contributed by atoms with Gasteiger partial charge in [0.15, 0.2) is 0 Å². The van der Waals surface area contributed by atoms with Gasteiger partial charge >= 0.3 is 0 Å². The molecule has 0 aliphatic heterocycles. The van der Waals surface area contributed by atoms with Crippen LogP contribution in [0.1, 0.15) is 18.8 Å². The minimum Gasteiger partial charge on any atom is -0.495 e. The van der Waals surface area contributed by atoms with Crippen molar-refractivity contribution in [2.24, 2.45) is 7.05 Å². The molecule has 1 unspecified atom stereocenters. The molecular formula is C14H19N5O2. The van der Waals surface area contributed by atoms with Gasteiger partial charge in [0.25, 0.3) is 0 Å². The number of carbonyl (C=O) groups is 1. The van der Waals surface area contributed by atoms with Gasteiger partial charge in [-0.1, -0.05) is 12.1 Å². The molecule has 1 aromatic heterocycles. The van der Waals surface area contributed by atoms with E-state index in [-0.39, 0.29) is 18.5 Å². The molecule has 7 heteroatoms. The molecule has 2 N–H and O–H groups in total. The van der Waals surface area contributed by atoms with E-state index >= 15 is 0 Å². The fraction of sp³-hybridized carbons (Fsp3) is 0.357. The molecule has 2 aromatic rings. The number of nitrogens with zero attached hydrogens (tertiary/aromatic N) is 3. The third-order valence-electron chi connectivity index (χ3n) is 3.08. The molecule has 1 aromatic carbocycles. The molecule has 0 aliphatic carbocycles. The summed E-state index contributed by atoms with van der Waals surface area (Å²) in [6.45, 7) is 2.10. The maximum Gasteiger partial charge on any atom is 0.238 e. The molecule has 0 fully saturated rings. The van der Waals surface area contributed by atoms with Crippen molar-refractivity contribution in [3.8, 4) is 5.75 Å². The number of amides is 1. The number of methoxy groups -OCH3 is 1. The number of rotatable bonds is 6. The zero-order valence-electron chi connectivity index (χ0n) is 12.3. The summed E-state index contributed by atoms with van der Waals surface area (Å²) in [4.78, 5) is 12.0. The average Bonchev–Trinajstić information content (AvgIpc) is 2.91. The summed E-state index contributed by atoms with van der Waals surface area (Å²) in [6, 6.07) is 7.21. The zero-order valence-corrected chi connectivity index (χ0v) is 12.3. The molecule has 1 heterocycles. The average molecular weight is 289 g/mol. The van der Waals surface area contributed by atoms with Crippen molar-refractivity contribution >= 4 is 11.6 Å². The van der Waals surface area contributed by atoms with Crippen molar-refractivity contribution in [3.63, 3.8) is 0 Å². The molecule has 7 nitrogen and oxygen atoms in total. The Morgan fingerprint density at radius 2 is 2.19 bits per heavy atom. The summed E-state index contributed by atoms with van der Waals surface area (Å²) in [5, 5.41) is 13.7. The number of benzene rings is 1. The lowest BCUT2D eigenvalue weighted by atomic mass is 10.3. The van der Waals surface area contributed by atoms with Crippen LogP contribution in [0.4, 0.5) is 5.69 Å². The highest BCUT2D eigenvalue weighted by molar-refractivity contribution is 5.93. The summed E-state index contributed by atoms with van der Waals surface area (Å²) in [7, 11) is 3.43. The number of hydrogen-bond donors (Lipinski definition) is 2. The standard InChI is InChI=1S/C14H19N5O2/c1-10(14-18-16-9-19(14)2)15-8-13(20)17-11-6-4-5-7-12(11)21-3/h4-7,9-10,15H,8H2,1-3H3,(H,17,20). The fourth-order valence-corrected chi connectivity index (χ4v) is 1.96. The molecule has 0 aliphatic rings. The van der Waals surface area contributed by atoms with Gasteiger partial charge < -0.3 is 14.6 Å². The number of aromatic nitrogens is 3. The first-order chi connectivity index (χ1) is 10.1. The van der Waals surface area contributed by atoms with E-state index in [0.29, 0.717) is 11.4 Å². The predicted molar refractivity (Wildman–Crippen MR) is 79.0 cm³/mol. The summed E-state index contributed by atoms with van der Waals surface area (Å²) >= 11 is 0. The van der Waals surface area contributed by atoms with Gasteiger partial charge in [-0.05, 0) is 19.1 Å². The van der Waals surface area contributed by atoms with Gasteiger partial charge in [0.05, 0.1) is 25.4 Å². The van der Waals surface area contributed by atoms with E-state index in [1.807, 2.05) is 30.7 Å². The number of ether oxygens (including phenoxy) is 1. The number of carbonyl (C=O) groups excluding carboxylic acids is 1. The Bertz CT molecular complexity index is 611. The van der Waals surface area contributed by atoms with Crippen molar-refractivity contribution in [2.75, 3.05) is 19.0 Å². The summed E-state index contributed by atoms with van der Waals surface area (Å²) in [6.07, 6.45) is 1.63. The largest absolute Gasteiger partial charge is 0.495 e. The second-order valence-electron chi connectivity index (χ2n) is 4.65. The molecule has 0 saturated heterocycles. The lowest BCUT2D eigenvalue weighted by Crippen LogP contribution is -2.31. The highest BCUT2D eigenvalue weighted by Gasteiger charge is 2.13. The zero-order chi connectivity index (χ0) is 15.2. The number of para-hydroxylation sites is 2. The molecule has 0 saturated carbocycles. The van der Waals surface area contributed by atoms with E-state index in [1.165, 1.54) is 0 Å². The quantitative estimate of drug-likeness (QED) is 0.832. The minimum absolute atomic E-state index is 0.0686. The maximum absolute atomic E-state index is 12.0. The first kappa shape index (κ1) is 15.0. The van der Waals surface area contributed by atoms with Gasteiger partial charge in [-0.2, -0.15) is 0 Å². The van der Waals surface area contributed by atoms with E-state index in [2.05, 4.69) is 20.8 Å². The lowest BCUT2D eigenvalue weighted by Gasteiger charge is -2.14. The number of nitrogens with one attached hydrogen (secondary N) is 2. The molecule has 112 valence electrons. The van der Waals surface area contributed by atoms with E-state index in [1.54, 1.807) is 25.6 Å². The SMILES string of the molecule is COc1ccccc1NC(=O)CNC(C)c1nncn1C. The van der Waals surface area contributed by atoms with Crippen LogP contribution in [-0.2, 0) is 11.8 Å². The molecule has 0 spiro atoms. The molecule has 1 amide bonds. The Morgan fingerprint density at radius 3 is 2.86 bits per heavy atom. The van der Waals surface area contributed by atoms with E-state index < -0.39 is 0 Å². The second-order valence-corrected chi connectivity index (χ2v) is 4.65. The Hall–Kier alpha value is -2.41. The summed E-state index contributed by atoms with van der Waals surface area (Å²) in [5.41, 5.74) is 0.651. The molecule has 0 radical (unpaired) electrons. The van der Waals surface area contributed by atoms with E-state index in [0.717, 1.165) is 5.82 Å². The van der Waals surface area contributed by atoms with Gasteiger partial charge in [-0.15, -0.1) is 10.2 Å². The molecule has 21 heavy (non-hydrogen) atoms. The van der Waals surface area contributed by atoms with Crippen molar-refractivity contribution in [1.29, 1.82) is 0 Å². The number of hydrogen-bond acceptors (Lipinski definition) is 5.